The molecule has 2 aliphatic rings. The smallest absolute Gasteiger partial charge is 0.335 e. The minimum Gasteiger partial charge on any atom is -0.478 e. The van der Waals surface area contributed by atoms with Crippen LogP contribution >= 0.6 is 23.5 Å². The summed E-state index contributed by atoms with van der Waals surface area (Å²) in [5.41, 5.74) is 2.02. The minimum atomic E-state index is -0.991. The number of para-hydroxylation sites is 1. The fraction of sp³-hybridized carbons (Fsp3) is 0.105. The van der Waals surface area contributed by atoms with Gasteiger partial charge in [-0.05, 0) is 41.6 Å². The van der Waals surface area contributed by atoms with Crippen molar-refractivity contribution in [2.45, 2.75) is 11.4 Å². The third-order valence-electron chi connectivity index (χ3n) is 4.36. The molecule has 27 heavy (non-hydrogen) atoms. The molecule has 0 saturated carbocycles. The van der Waals surface area contributed by atoms with E-state index in [-0.39, 0.29) is 23.2 Å². The topological polar surface area (TPSA) is 84.7 Å². The van der Waals surface area contributed by atoms with Crippen LogP contribution in [-0.2, 0) is 11.3 Å². The summed E-state index contributed by atoms with van der Waals surface area (Å²) < 4.78 is 0. The van der Waals surface area contributed by atoms with E-state index in [9.17, 15) is 9.59 Å². The standard InChI is InChI=1S/C19H15N3O3S2/c1-21-13-4-2-3-5-14(13)26-17(21)15-16(23)22(19(20)27-15)10-11-6-8-12(9-7-11)18(24)25/h2-9,20H,10H2,1H3,(H,24,25)/b17-15-,20-19?. The second kappa shape index (κ2) is 6.79. The SMILES string of the molecule is CN1/C(=C2/SC(=N)N(Cc3ccc(C(=O)O)cc3)C2=O)Sc2ccccc21. The van der Waals surface area contributed by atoms with Crippen molar-refractivity contribution in [3.05, 3.63) is 69.6 Å². The van der Waals surface area contributed by atoms with E-state index in [1.165, 1.54) is 28.8 Å². The number of amides is 1. The van der Waals surface area contributed by atoms with Crippen molar-refractivity contribution in [1.82, 2.24) is 4.90 Å². The van der Waals surface area contributed by atoms with E-state index >= 15 is 0 Å². The Labute approximate surface area is 164 Å². The first-order chi connectivity index (χ1) is 13.0. The Bertz CT molecular complexity index is 1000. The van der Waals surface area contributed by atoms with Crippen LogP contribution in [0.1, 0.15) is 15.9 Å². The number of amidine groups is 1. The van der Waals surface area contributed by atoms with Crippen molar-refractivity contribution in [3.8, 4) is 0 Å². The fourth-order valence-corrected chi connectivity index (χ4v) is 5.13. The van der Waals surface area contributed by atoms with Crippen LogP contribution in [0, 0.1) is 5.41 Å². The van der Waals surface area contributed by atoms with E-state index in [4.69, 9.17) is 10.5 Å². The molecule has 4 rings (SSSR count). The van der Waals surface area contributed by atoms with Crippen molar-refractivity contribution in [2.24, 2.45) is 0 Å². The number of carbonyl (C=O) groups is 2. The van der Waals surface area contributed by atoms with E-state index in [1.54, 1.807) is 12.1 Å². The van der Waals surface area contributed by atoms with Gasteiger partial charge in [-0.3, -0.25) is 15.1 Å². The Hall–Kier alpha value is -2.71. The van der Waals surface area contributed by atoms with Crippen LogP contribution < -0.4 is 4.90 Å². The highest BCUT2D eigenvalue weighted by atomic mass is 32.2. The molecule has 1 amide bonds. The molecular weight excluding hydrogens is 382 g/mol. The van der Waals surface area contributed by atoms with Gasteiger partial charge in [0.15, 0.2) is 5.17 Å². The normalized spacial score (nSPS) is 19.0. The predicted octanol–water partition coefficient (Wildman–Crippen LogP) is 3.81. The number of aromatic carboxylic acids is 1. The molecule has 0 spiro atoms. The van der Waals surface area contributed by atoms with E-state index in [0.717, 1.165) is 32.9 Å². The third-order valence-corrected chi connectivity index (χ3v) is 6.71. The van der Waals surface area contributed by atoms with Gasteiger partial charge in [0.1, 0.15) is 4.91 Å². The highest BCUT2D eigenvalue weighted by Gasteiger charge is 2.38. The zero-order valence-corrected chi connectivity index (χ0v) is 15.9. The predicted molar refractivity (Wildman–Crippen MR) is 107 cm³/mol. The average Bonchev–Trinajstić information content (AvgIpc) is 3.14. The van der Waals surface area contributed by atoms with Crippen LogP contribution in [0.2, 0.25) is 0 Å². The van der Waals surface area contributed by atoms with E-state index < -0.39 is 5.97 Å². The van der Waals surface area contributed by atoms with Gasteiger partial charge in [0.05, 0.1) is 22.8 Å². The Morgan fingerprint density at radius 3 is 2.48 bits per heavy atom. The largest absolute Gasteiger partial charge is 0.478 e. The molecule has 2 N–H and O–H groups in total. The molecule has 136 valence electrons. The second-order valence-corrected chi connectivity index (χ2v) is 8.09. The van der Waals surface area contributed by atoms with Gasteiger partial charge in [0, 0.05) is 11.9 Å². The Balaban J connectivity index is 1.59. The molecule has 1 saturated heterocycles. The lowest BCUT2D eigenvalue weighted by atomic mass is 10.1. The number of carboxylic acids is 1. The van der Waals surface area contributed by atoms with Gasteiger partial charge in [-0.25, -0.2) is 4.79 Å². The number of anilines is 1. The monoisotopic (exact) mass is 397 g/mol. The maximum atomic E-state index is 13.0. The molecule has 0 radical (unpaired) electrons. The summed E-state index contributed by atoms with van der Waals surface area (Å²) in [7, 11) is 1.92. The number of fused-ring (bicyclic) bond motifs is 1. The molecule has 2 aromatic rings. The fourth-order valence-electron chi connectivity index (χ4n) is 2.93. The summed E-state index contributed by atoms with van der Waals surface area (Å²) in [6.45, 7) is 0.239. The minimum absolute atomic E-state index is 0.176. The number of hydrogen-bond acceptors (Lipinski definition) is 6. The van der Waals surface area contributed by atoms with Crippen molar-refractivity contribution in [2.75, 3.05) is 11.9 Å². The first-order valence-electron chi connectivity index (χ1n) is 8.11. The van der Waals surface area contributed by atoms with Crippen LogP contribution in [-0.4, -0.2) is 34.1 Å². The van der Waals surface area contributed by atoms with Gasteiger partial charge >= 0.3 is 5.97 Å². The molecule has 0 unspecified atom stereocenters. The van der Waals surface area contributed by atoms with Crippen LogP contribution in [0.4, 0.5) is 5.69 Å². The highest BCUT2D eigenvalue weighted by molar-refractivity contribution is 8.19. The lowest BCUT2D eigenvalue weighted by Crippen LogP contribution is -2.28. The third kappa shape index (κ3) is 3.11. The van der Waals surface area contributed by atoms with Crippen LogP contribution in [0.15, 0.2) is 63.4 Å². The van der Waals surface area contributed by atoms with Crippen LogP contribution in [0.5, 0.6) is 0 Å². The number of rotatable bonds is 3. The van der Waals surface area contributed by atoms with Crippen LogP contribution in [0.3, 0.4) is 0 Å². The van der Waals surface area contributed by atoms with Gasteiger partial charge in [-0.2, -0.15) is 0 Å². The molecule has 1 fully saturated rings. The van der Waals surface area contributed by atoms with E-state index in [2.05, 4.69) is 0 Å². The van der Waals surface area contributed by atoms with Gasteiger partial charge < -0.3 is 10.0 Å². The Morgan fingerprint density at radius 2 is 1.81 bits per heavy atom. The molecule has 0 aliphatic carbocycles. The molecule has 2 heterocycles. The number of nitrogens with one attached hydrogen (secondary N) is 1. The molecule has 6 nitrogen and oxygen atoms in total. The van der Waals surface area contributed by atoms with Crippen molar-refractivity contribution in [3.63, 3.8) is 0 Å². The first kappa shape index (κ1) is 17.7. The molecule has 0 atom stereocenters. The number of benzene rings is 2. The molecule has 2 aromatic carbocycles. The number of carbonyl (C=O) groups excluding carboxylic acids is 1. The molecule has 8 heteroatoms. The van der Waals surface area contributed by atoms with E-state index in [0.29, 0.717) is 4.91 Å². The van der Waals surface area contributed by atoms with Crippen molar-refractivity contribution < 1.29 is 14.7 Å². The van der Waals surface area contributed by atoms with Gasteiger partial charge in [-0.15, -0.1) is 0 Å². The number of nitrogens with zero attached hydrogens (tertiary/aromatic N) is 2. The van der Waals surface area contributed by atoms with Gasteiger partial charge in [-0.1, -0.05) is 36.0 Å². The quantitative estimate of drug-likeness (QED) is 0.767. The number of thioether (sulfide) groups is 2. The highest BCUT2D eigenvalue weighted by Crippen LogP contribution is 2.49. The Kier molecular flexibility index (Phi) is 4.45. The summed E-state index contributed by atoms with van der Waals surface area (Å²) >= 11 is 2.70. The van der Waals surface area contributed by atoms with Crippen LogP contribution in [0.25, 0.3) is 0 Å². The molecule has 2 aliphatic heterocycles. The Morgan fingerprint density at radius 1 is 1.11 bits per heavy atom. The summed E-state index contributed by atoms with van der Waals surface area (Å²) in [4.78, 5) is 28.9. The van der Waals surface area contributed by atoms with Gasteiger partial charge in [0.2, 0.25) is 0 Å². The molecule has 0 bridgehead atoms. The van der Waals surface area contributed by atoms with Gasteiger partial charge in [0.25, 0.3) is 5.91 Å². The lowest BCUT2D eigenvalue weighted by Gasteiger charge is -2.16. The summed E-state index contributed by atoms with van der Waals surface area (Å²) in [6.07, 6.45) is 0. The maximum Gasteiger partial charge on any atom is 0.335 e. The summed E-state index contributed by atoms with van der Waals surface area (Å²) in [6, 6.07) is 14.3. The maximum absolute atomic E-state index is 13.0. The number of carboxylic acid groups (broad SMARTS) is 1. The zero-order chi connectivity index (χ0) is 19.1. The lowest BCUT2D eigenvalue weighted by molar-refractivity contribution is -0.122. The zero-order valence-electron chi connectivity index (χ0n) is 14.3. The average molecular weight is 397 g/mol. The van der Waals surface area contributed by atoms with Crippen molar-refractivity contribution in [1.29, 1.82) is 5.41 Å². The molecule has 0 aromatic heterocycles. The molecular formula is C19H15N3O3S2. The first-order valence-corrected chi connectivity index (χ1v) is 9.74. The summed E-state index contributed by atoms with van der Waals surface area (Å²) in [5.74, 6) is -1.19. The van der Waals surface area contributed by atoms with Crippen molar-refractivity contribution >= 4 is 46.3 Å². The summed E-state index contributed by atoms with van der Waals surface area (Å²) in [5, 5.41) is 18.2. The van der Waals surface area contributed by atoms with E-state index in [1.807, 2.05) is 36.2 Å². The number of hydrogen-bond donors (Lipinski definition) is 2. The second-order valence-electron chi connectivity index (χ2n) is 6.06.